The fourth-order valence-electron chi connectivity index (χ4n) is 3.53. The maximum Gasteiger partial charge on any atom is 0.0911 e. The number of ether oxygens (including phenoxy) is 1. The van der Waals surface area contributed by atoms with Crippen LogP contribution in [0.4, 0.5) is 0 Å². The van der Waals surface area contributed by atoms with Crippen LogP contribution in [-0.2, 0) is 11.3 Å². The first kappa shape index (κ1) is 14.1. The zero-order valence-corrected chi connectivity index (χ0v) is 12.3. The van der Waals surface area contributed by atoms with Gasteiger partial charge in [-0.2, -0.15) is 5.10 Å². The third kappa shape index (κ3) is 3.41. The zero-order valence-electron chi connectivity index (χ0n) is 12.3. The third-order valence-electron chi connectivity index (χ3n) is 4.81. The molecule has 1 aromatic rings. The lowest BCUT2D eigenvalue weighted by atomic mass is 10.1. The minimum atomic E-state index is 0.203. The summed E-state index contributed by atoms with van der Waals surface area (Å²) >= 11 is 0. The van der Waals surface area contributed by atoms with Crippen LogP contribution in [0.2, 0.25) is 0 Å². The van der Waals surface area contributed by atoms with Crippen molar-refractivity contribution < 1.29 is 4.74 Å². The monoisotopic (exact) mass is 277 g/mol. The molecular formula is C16H27N3O. The van der Waals surface area contributed by atoms with Crippen LogP contribution < -0.4 is 5.73 Å². The van der Waals surface area contributed by atoms with Gasteiger partial charge in [-0.1, -0.05) is 32.1 Å². The van der Waals surface area contributed by atoms with Crippen LogP contribution >= 0.6 is 0 Å². The molecule has 2 N–H and O–H groups in total. The van der Waals surface area contributed by atoms with E-state index in [0.717, 1.165) is 18.5 Å². The van der Waals surface area contributed by atoms with E-state index in [-0.39, 0.29) is 12.1 Å². The Morgan fingerprint density at radius 1 is 1.10 bits per heavy atom. The third-order valence-corrected chi connectivity index (χ3v) is 4.81. The summed E-state index contributed by atoms with van der Waals surface area (Å²) in [5.74, 6) is 0. The molecule has 1 aromatic heterocycles. The summed E-state index contributed by atoms with van der Waals surface area (Å²) < 4.78 is 8.17. The smallest absolute Gasteiger partial charge is 0.0911 e. The minimum absolute atomic E-state index is 0.203. The van der Waals surface area contributed by atoms with Gasteiger partial charge in [0.15, 0.2) is 0 Å². The molecule has 3 rings (SSSR count). The van der Waals surface area contributed by atoms with Crippen molar-refractivity contribution in [1.29, 1.82) is 0 Å². The topological polar surface area (TPSA) is 53.1 Å². The van der Waals surface area contributed by atoms with Gasteiger partial charge in [0.05, 0.1) is 24.4 Å². The number of hydrogen-bond donors (Lipinski definition) is 1. The molecule has 0 saturated heterocycles. The van der Waals surface area contributed by atoms with E-state index in [2.05, 4.69) is 22.0 Å². The number of aromatic nitrogens is 2. The van der Waals surface area contributed by atoms with Crippen LogP contribution in [0.5, 0.6) is 0 Å². The molecule has 20 heavy (non-hydrogen) atoms. The van der Waals surface area contributed by atoms with E-state index in [1.54, 1.807) is 0 Å². The number of hydrogen-bond acceptors (Lipinski definition) is 3. The molecule has 2 saturated carbocycles. The molecule has 2 aliphatic rings. The highest BCUT2D eigenvalue weighted by atomic mass is 16.5. The second kappa shape index (κ2) is 6.72. The zero-order chi connectivity index (χ0) is 13.8. The van der Waals surface area contributed by atoms with Gasteiger partial charge in [0.2, 0.25) is 0 Å². The van der Waals surface area contributed by atoms with E-state index in [4.69, 9.17) is 10.5 Å². The largest absolute Gasteiger partial charge is 0.370 e. The van der Waals surface area contributed by atoms with Gasteiger partial charge in [0.25, 0.3) is 0 Å². The molecule has 0 bridgehead atoms. The van der Waals surface area contributed by atoms with Gasteiger partial charge in [0.1, 0.15) is 0 Å². The summed E-state index contributed by atoms with van der Waals surface area (Å²) in [4.78, 5) is 0. The van der Waals surface area contributed by atoms with Crippen molar-refractivity contribution in [3.8, 4) is 0 Å². The van der Waals surface area contributed by atoms with Gasteiger partial charge in [-0.15, -0.1) is 0 Å². The van der Waals surface area contributed by atoms with Crippen molar-refractivity contribution in [2.24, 2.45) is 5.73 Å². The predicted octanol–water partition coefficient (Wildman–Crippen LogP) is 3.17. The second-order valence-corrected chi connectivity index (χ2v) is 6.38. The predicted molar refractivity (Wildman–Crippen MR) is 79.4 cm³/mol. The average molecular weight is 277 g/mol. The van der Waals surface area contributed by atoms with Crippen molar-refractivity contribution in [2.75, 3.05) is 0 Å². The molecule has 0 amide bonds. The lowest BCUT2D eigenvalue weighted by Crippen LogP contribution is -2.35. The molecule has 2 unspecified atom stereocenters. The molecule has 0 radical (unpaired) electrons. The maximum absolute atomic E-state index is 6.20. The highest BCUT2D eigenvalue weighted by Crippen LogP contribution is 2.28. The van der Waals surface area contributed by atoms with Crippen molar-refractivity contribution in [3.05, 3.63) is 18.0 Å². The highest BCUT2D eigenvalue weighted by Gasteiger charge is 2.22. The van der Waals surface area contributed by atoms with Crippen molar-refractivity contribution >= 4 is 0 Å². The number of nitrogens with two attached hydrogens (primary N) is 1. The van der Waals surface area contributed by atoms with E-state index in [9.17, 15) is 0 Å². The van der Waals surface area contributed by atoms with Crippen molar-refractivity contribution in [3.63, 3.8) is 0 Å². The van der Waals surface area contributed by atoms with E-state index >= 15 is 0 Å². The summed E-state index contributed by atoms with van der Waals surface area (Å²) in [6.45, 7) is 0.609. The molecule has 0 spiro atoms. The van der Waals surface area contributed by atoms with E-state index in [1.165, 1.54) is 44.9 Å². The fourth-order valence-corrected chi connectivity index (χ4v) is 3.53. The molecule has 2 aliphatic carbocycles. The lowest BCUT2D eigenvalue weighted by Gasteiger charge is -2.21. The molecule has 0 aromatic carbocycles. The van der Waals surface area contributed by atoms with Crippen LogP contribution in [0.25, 0.3) is 0 Å². The Bertz CT molecular complexity index is 412. The standard InChI is InChI=1S/C16H27N3O/c17-15-8-2-1-3-9-16(15)20-12-13-10-11-19(18-13)14-6-4-5-7-14/h10-11,14-16H,1-9,12,17H2. The van der Waals surface area contributed by atoms with Crippen LogP contribution in [0.1, 0.15) is 69.5 Å². The average Bonchev–Trinajstić information content (AvgIpc) is 3.08. The van der Waals surface area contributed by atoms with Crippen molar-refractivity contribution in [1.82, 2.24) is 9.78 Å². The van der Waals surface area contributed by atoms with Gasteiger partial charge < -0.3 is 10.5 Å². The molecule has 0 aliphatic heterocycles. The second-order valence-electron chi connectivity index (χ2n) is 6.38. The normalized spacial score (nSPS) is 28.6. The Labute approximate surface area is 121 Å². The van der Waals surface area contributed by atoms with Crippen LogP contribution in [-0.4, -0.2) is 21.9 Å². The summed E-state index contributed by atoms with van der Waals surface area (Å²) in [5, 5.41) is 4.68. The molecule has 4 heteroatoms. The summed E-state index contributed by atoms with van der Waals surface area (Å²) in [5.41, 5.74) is 7.25. The molecule has 2 atom stereocenters. The Morgan fingerprint density at radius 3 is 2.70 bits per heavy atom. The molecule has 1 heterocycles. The SMILES string of the molecule is NC1CCCCCC1OCc1ccn(C2CCCC2)n1. The Kier molecular flexibility index (Phi) is 4.73. The van der Waals surface area contributed by atoms with E-state index in [0.29, 0.717) is 12.6 Å². The van der Waals surface area contributed by atoms with Gasteiger partial charge in [0, 0.05) is 12.2 Å². The minimum Gasteiger partial charge on any atom is -0.370 e. The van der Waals surface area contributed by atoms with Gasteiger partial charge >= 0.3 is 0 Å². The maximum atomic E-state index is 6.20. The number of rotatable bonds is 4. The molecule has 4 nitrogen and oxygen atoms in total. The van der Waals surface area contributed by atoms with Gasteiger partial charge in [-0.3, -0.25) is 4.68 Å². The summed E-state index contributed by atoms with van der Waals surface area (Å²) in [6, 6.07) is 2.92. The van der Waals surface area contributed by atoms with Crippen LogP contribution in [0.15, 0.2) is 12.3 Å². The van der Waals surface area contributed by atoms with Crippen LogP contribution in [0, 0.1) is 0 Å². The Balaban J connectivity index is 1.52. The van der Waals surface area contributed by atoms with Gasteiger partial charge in [-0.05, 0) is 31.7 Å². The van der Waals surface area contributed by atoms with Gasteiger partial charge in [-0.25, -0.2) is 0 Å². The quantitative estimate of drug-likeness (QED) is 0.860. The first-order valence-electron chi connectivity index (χ1n) is 8.24. The van der Waals surface area contributed by atoms with E-state index in [1.807, 2.05) is 0 Å². The Morgan fingerprint density at radius 2 is 1.85 bits per heavy atom. The summed E-state index contributed by atoms with van der Waals surface area (Å²) in [6.07, 6.45) is 13.5. The molecule has 2 fully saturated rings. The first-order chi connectivity index (χ1) is 9.83. The fraction of sp³-hybridized carbons (Fsp3) is 0.812. The lowest BCUT2D eigenvalue weighted by molar-refractivity contribution is 0.0175. The molecular weight excluding hydrogens is 250 g/mol. The molecule has 112 valence electrons. The van der Waals surface area contributed by atoms with E-state index < -0.39 is 0 Å². The number of nitrogens with zero attached hydrogens (tertiary/aromatic N) is 2. The highest BCUT2D eigenvalue weighted by molar-refractivity contribution is 4.99. The summed E-state index contributed by atoms with van der Waals surface area (Å²) in [7, 11) is 0. The Hall–Kier alpha value is -0.870. The first-order valence-corrected chi connectivity index (χ1v) is 8.24. The van der Waals surface area contributed by atoms with Crippen molar-refractivity contribution in [2.45, 2.75) is 82.6 Å². The van der Waals surface area contributed by atoms with Crippen LogP contribution in [0.3, 0.4) is 0 Å².